The van der Waals surface area contributed by atoms with Crippen molar-refractivity contribution in [3.05, 3.63) is 241 Å². The van der Waals surface area contributed by atoms with Crippen LogP contribution in [0.15, 0.2) is 218 Å². The molecular formula is C66H48N2. The molecule has 2 aromatic heterocycles. The minimum absolute atomic E-state index is 0.0963. The van der Waals surface area contributed by atoms with Crippen LogP contribution >= 0.6 is 0 Å². The molecule has 0 atom stereocenters. The van der Waals surface area contributed by atoms with Gasteiger partial charge in [0.25, 0.3) is 0 Å². The van der Waals surface area contributed by atoms with Crippen molar-refractivity contribution in [3.63, 3.8) is 0 Å². The van der Waals surface area contributed by atoms with Gasteiger partial charge in [-0.15, -0.1) is 0 Å². The lowest BCUT2D eigenvalue weighted by atomic mass is 9.82. The normalized spacial score (nSPS) is 14.1. The van der Waals surface area contributed by atoms with Crippen LogP contribution in [0.1, 0.15) is 49.9 Å². The zero-order chi connectivity index (χ0) is 45.5. The molecule has 0 saturated heterocycles. The second kappa shape index (κ2) is 14.2. The number of nitrogens with zero attached hydrogens (tertiary/aromatic N) is 2. The van der Waals surface area contributed by atoms with Gasteiger partial charge >= 0.3 is 0 Å². The highest BCUT2D eigenvalue weighted by Crippen LogP contribution is 2.51. The molecule has 2 aliphatic carbocycles. The molecule has 2 nitrogen and oxygen atoms in total. The highest BCUT2D eigenvalue weighted by atomic mass is 15.0. The van der Waals surface area contributed by atoms with E-state index in [4.69, 9.17) is 0 Å². The third kappa shape index (κ3) is 5.52. The van der Waals surface area contributed by atoms with Gasteiger partial charge in [-0.05, 0) is 151 Å². The number of rotatable bonds is 5. The number of fused-ring (bicyclic) bond motifs is 12. The fraction of sp³-hybridized carbons (Fsp3) is 0.0909. The van der Waals surface area contributed by atoms with Crippen LogP contribution in [0.25, 0.3) is 111 Å². The number of aromatic nitrogens is 2. The molecule has 12 aromatic rings. The third-order valence-corrected chi connectivity index (χ3v) is 15.7. The maximum absolute atomic E-state index is 2.49. The van der Waals surface area contributed by atoms with Crippen LogP contribution in [0.5, 0.6) is 0 Å². The van der Waals surface area contributed by atoms with Crippen LogP contribution in [0.3, 0.4) is 0 Å². The summed E-state index contributed by atoms with van der Waals surface area (Å²) in [4.78, 5) is 0. The average Bonchev–Trinajstić information content (AvgIpc) is 4.04. The molecule has 0 amide bonds. The SMILES string of the molecule is CC1(C)c2ccccc2-c2ccc(-n3c4ccc(-c5ccccc5)cc4c4cc(-c5ccc6c(c5)c5cc(-c7ccccc7)ccc5n6-c5ccc6c(c5)C(C)(C)c5ccccc5-6)ccc43)cc21. The summed E-state index contributed by atoms with van der Waals surface area (Å²) >= 11 is 0. The smallest absolute Gasteiger partial charge is 0.0541 e. The fourth-order valence-corrected chi connectivity index (χ4v) is 12.2. The summed E-state index contributed by atoms with van der Waals surface area (Å²) in [6.45, 7) is 9.48. The van der Waals surface area contributed by atoms with Crippen molar-refractivity contribution in [3.8, 4) is 67.0 Å². The third-order valence-electron chi connectivity index (χ3n) is 15.7. The van der Waals surface area contributed by atoms with Crippen molar-refractivity contribution in [1.82, 2.24) is 9.13 Å². The molecule has 2 heterocycles. The van der Waals surface area contributed by atoms with Crippen molar-refractivity contribution in [2.75, 3.05) is 0 Å². The number of benzene rings is 10. The maximum Gasteiger partial charge on any atom is 0.0541 e. The fourth-order valence-electron chi connectivity index (χ4n) is 12.2. The standard InChI is InChI=1S/C66H48N2/c1-65(2)57-21-13-11-19-49(57)51-29-27-47(39-59(51)65)67-61-31-23-43(41-15-7-5-8-16-41)35-53(61)55-37-45(25-33-63(55)67)46-26-34-64-56(38-46)54-36-44(42-17-9-6-10-18-42)24-32-62(54)68(64)48-28-30-52-50-20-12-14-22-58(50)66(3,4)60(52)40-48/h5-40H,1-4H3. The van der Waals surface area contributed by atoms with E-state index in [-0.39, 0.29) is 10.8 Å². The molecule has 0 fully saturated rings. The largest absolute Gasteiger partial charge is 0.309 e. The molecule has 14 rings (SSSR count). The lowest BCUT2D eigenvalue weighted by Gasteiger charge is -2.22. The summed E-state index contributed by atoms with van der Waals surface area (Å²) in [6.07, 6.45) is 0. The van der Waals surface area contributed by atoms with Crippen LogP contribution in [-0.4, -0.2) is 9.13 Å². The van der Waals surface area contributed by atoms with Crippen LogP contribution in [-0.2, 0) is 10.8 Å². The lowest BCUT2D eigenvalue weighted by Crippen LogP contribution is -2.15. The molecule has 0 aliphatic heterocycles. The summed E-state index contributed by atoms with van der Waals surface area (Å²) in [5.74, 6) is 0. The van der Waals surface area contributed by atoms with Crippen LogP contribution < -0.4 is 0 Å². The Kier molecular flexibility index (Phi) is 8.12. The van der Waals surface area contributed by atoms with Crippen molar-refractivity contribution < 1.29 is 0 Å². The van der Waals surface area contributed by atoms with Gasteiger partial charge in [0.2, 0.25) is 0 Å². The van der Waals surface area contributed by atoms with Crippen LogP contribution in [0.4, 0.5) is 0 Å². The van der Waals surface area contributed by atoms with Crippen molar-refractivity contribution in [2.24, 2.45) is 0 Å². The molecule has 322 valence electrons. The molecule has 2 heteroatoms. The molecule has 0 spiro atoms. The minimum atomic E-state index is -0.0963. The first-order chi connectivity index (χ1) is 33.2. The molecule has 0 N–H and O–H groups in total. The second-order valence-electron chi connectivity index (χ2n) is 20.1. The quantitative estimate of drug-likeness (QED) is 0.163. The van der Waals surface area contributed by atoms with Gasteiger partial charge in [-0.25, -0.2) is 0 Å². The molecule has 0 unspecified atom stereocenters. The van der Waals surface area contributed by atoms with E-state index in [1.165, 1.54) is 133 Å². The Bertz CT molecular complexity index is 3800. The summed E-state index contributed by atoms with van der Waals surface area (Å²) < 4.78 is 4.97. The Morgan fingerprint density at radius 3 is 0.926 bits per heavy atom. The zero-order valence-corrected chi connectivity index (χ0v) is 38.7. The van der Waals surface area contributed by atoms with Gasteiger partial charge in [-0.2, -0.15) is 0 Å². The van der Waals surface area contributed by atoms with Gasteiger partial charge in [0, 0.05) is 43.7 Å². The summed E-state index contributed by atoms with van der Waals surface area (Å²) in [6, 6.07) is 81.9. The monoisotopic (exact) mass is 868 g/mol. The maximum atomic E-state index is 2.49. The Balaban J connectivity index is 0.966. The zero-order valence-electron chi connectivity index (χ0n) is 38.7. The summed E-state index contributed by atoms with van der Waals surface area (Å²) in [5, 5.41) is 4.99. The molecule has 10 aromatic carbocycles. The Morgan fingerprint density at radius 1 is 0.250 bits per heavy atom. The van der Waals surface area contributed by atoms with E-state index in [2.05, 4.69) is 255 Å². The van der Waals surface area contributed by atoms with Crippen molar-refractivity contribution in [2.45, 2.75) is 38.5 Å². The first-order valence-electron chi connectivity index (χ1n) is 24.0. The average molecular weight is 869 g/mol. The van der Waals surface area contributed by atoms with E-state index in [9.17, 15) is 0 Å². The first-order valence-corrected chi connectivity index (χ1v) is 24.0. The second-order valence-corrected chi connectivity index (χ2v) is 20.1. The van der Waals surface area contributed by atoms with Crippen LogP contribution in [0.2, 0.25) is 0 Å². The lowest BCUT2D eigenvalue weighted by molar-refractivity contribution is 0.660. The molecular weight excluding hydrogens is 821 g/mol. The van der Waals surface area contributed by atoms with Gasteiger partial charge in [0.05, 0.1) is 22.1 Å². The van der Waals surface area contributed by atoms with E-state index in [0.717, 1.165) is 0 Å². The molecule has 0 saturated carbocycles. The highest BCUT2D eigenvalue weighted by molar-refractivity contribution is 6.14. The number of hydrogen-bond acceptors (Lipinski definition) is 0. The topological polar surface area (TPSA) is 9.86 Å². The van der Waals surface area contributed by atoms with Gasteiger partial charge in [0.1, 0.15) is 0 Å². The molecule has 2 aliphatic rings. The first kappa shape index (κ1) is 39.0. The van der Waals surface area contributed by atoms with E-state index < -0.39 is 0 Å². The van der Waals surface area contributed by atoms with Gasteiger partial charge in [-0.1, -0.05) is 173 Å². The Morgan fingerprint density at radius 2 is 0.559 bits per heavy atom. The Hall–Kier alpha value is -8.20. The summed E-state index contributed by atoms with van der Waals surface area (Å²) in [5.41, 5.74) is 25.2. The van der Waals surface area contributed by atoms with Crippen LogP contribution in [0, 0.1) is 0 Å². The van der Waals surface area contributed by atoms with Crippen molar-refractivity contribution >= 4 is 43.6 Å². The predicted molar refractivity (Wildman–Crippen MR) is 287 cm³/mol. The molecule has 0 bridgehead atoms. The van der Waals surface area contributed by atoms with Gasteiger partial charge in [0.15, 0.2) is 0 Å². The summed E-state index contributed by atoms with van der Waals surface area (Å²) in [7, 11) is 0. The Labute approximate surface area is 397 Å². The molecule has 0 radical (unpaired) electrons. The van der Waals surface area contributed by atoms with Crippen molar-refractivity contribution in [1.29, 1.82) is 0 Å². The van der Waals surface area contributed by atoms with Gasteiger partial charge in [-0.3, -0.25) is 0 Å². The predicted octanol–water partition coefficient (Wildman–Crippen LogP) is 17.5. The number of hydrogen-bond donors (Lipinski definition) is 0. The van der Waals surface area contributed by atoms with E-state index in [0.29, 0.717) is 0 Å². The van der Waals surface area contributed by atoms with E-state index in [1.54, 1.807) is 0 Å². The highest BCUT2D eigenvalue weighted by Gasteiger charge is 2.37. The van der Waals surface area contributed by atoms with E-state index in [1.807, 2.05) is 0 Å². The van der Waals surface area contributed by atoms with Gasteiger partial charge < -0.3 is 9.13 Å². The minimum Gasteiger partial charge on any atom is -0.309 e. The van der Waals surface area contributed by atoms with E-state index >= 15 is 0 Å². The molecule has 68 heavy (non-hydrogen) atoms.